The summed E-state index contributed by atoms with van der Waals surface area (Å²) >= 11 is 0. The van der Waals surface area contributed by atoms with Gasteiger partial charge in [-0.1, -0.05) is 24.3 Å². The van der Waals surface area contributed by atoms with E-state index in [1.165, 1.54) is 18.9 Å². The minimum Gasteiger partial charge on any atom is -0.465 e. The van der Waals surface area contributed by atoms with Crippen LogP contribution in [0.2, 0.25) is 0 Å². The summed E-state index contributed by atoms with van der Waals surface area (Å²) in [7, 11) is 1.30. The van der Waals surface area contributed by atoms with E-state index in [1.54, 1.807) is 24.3 Å². The fraction of sp³-hybridized carbons (Fsp3) is 0.286. The Labute approximate surface area is 159 Å². The molecule has 6 nitrogen and oxygen atoms in total. The van der Waals surface area contributed by atoms with E-state index in [9.17, 15) is 14.4 Å². The third kappa shape index (κ3) is 5.17. The van der Waals surface area contributed by atoms with Crippen molar-refractivity contribution in [2.24, 2.45) is 0 Å². The van der Waals surface area contributed by atoms with Crippen LogP contribution in [0.3, 0.4) is 0 Å². The van der Waals surface area contributed by atoms with Gasteiger partial charge in [0.25, 0.3) is 0 Å². The highest BCUT2D eigenvalue weighted by Gasteiger charge is 2.16. The lowest BCUT2D eigenvalue weighted by atomic mass is 10.1. The monoisotopic (exact) mass is 368 g/mol. The lowest BCUT2D eigenvalue weighted by Gasteiger charge is -2.21. The minimum absolute atomic E-state index is 0.135. The van der Waals surface area contributed by atoms with E-state index in [1.807, 2.05) is 32.0 Å². The molecule has 0 aliphatic carbocycles. The summed E-state index contributed by atoms with van der Waals surface area (Å²) in [5.41, 5.74) is 3.66. The van der Waals surface area contributed by atoms with Crippen LogP contribution < -0.4 is 10.2 Å². The van der Waals surface area contributed by atoms with E-state index in [2.05, 4.69) is 5.32 Å². The molecule has 27 heavy (non-hydrogen) atoms. The maximum atomic E-state index is 12.4. The number of methoxy groups -OCH3 is 1. The van der Waals surface area contributed by atoms with Crippen molar-refractivity contribution in [1.82, 2.24) is 0 Å². The quantitative estimate of drug-likeness (QED) is 0.792. The highest BCUT2D eigenvalue weighted by molar-refractivity contribution is 5.97. The van der Waals surface area contributed by atoms with Gasteiger partial charge in [0.15, 0.2) is 0 Å². The topological polar surface area (TPSA) is 75.7 Å². The molecule has 0 heterocycles. The average Bonchev–Trinajstić information content (AvgIpc) is 2.64. The summed E-state index contributed by atoms with van der Waals surface area (Å²) in [4.78, 5) is 37.6. The van der Waals surface area contributed by atoms with E-state index < -0.39 is 5.97 Å². The van der Waals surface area contributed by atoms with Gasteiger partial charge >= 0.3 is 5.97 Å². The van der Waals surface area contributed by atoms with Gasteiger partial charge in [-0.3, -0.25) is 9.59 Å². The molecule has 0 radical (unpaired) electrons. The molecule has 0 aromatic heterocycles. The maximum absolute atomic E-state index is 12.4. The Morgan fingerprint density at radius 3 is 2.26 bits per heavy atom. The number of hydrogen-bond donors (Lipinski definition) is 1. The molecule has 0 saturated heterocycles. The third-order valence-electron chi connectivity index (χ3n) is 4.27. The largest absolute Gasteiger partial charge is 0.465 e. The number of carbonyl (C=O) groups excluding carboxylic acids is 3. The molecule has 0 fully saturated rings. The predicted molar refractivity (Wildman–Crippen MR) is 105 cm³/mol. The van der Waals surface area contributed by atoms with Crippen molar-refractivity contribution in [3.63, 3.8) is 0 Å². The van der Waals surface area contributed by atoms with Gasteiger partial charge < -0.3 is 15.0 Å². The summed E-state index contributed by atoms with van der Waals surface area (Å²) in [6.45, 7) is 5.50. The first-order valence-electron chi connectivity index (χ1n) is 8.66. The van der Waals surface area contributed by atoms with Crippen molar-refractivity contribution in [3.8, 4) is 0 Å². The Balaban J connectivity index is 2.10. The summed E-state index contributed by atoms with van der Waals surface area (Å²) in [6, 6.07) is 12.4. The van der Waals surface area contributed by atoms with Crippen LogP contribution >= 0.6 is 0 Å². The Kier molecular flexibility index (Phi) is 6.71. The van der Waals surface area contributed by atoms with Gasteiger partial charge in [0.1, 0.15) is 0 Å². The molecule has 0 bridgehead atoms. The van der Waals surface area contributed by atoms with Crippen LogP contribution in [-0.2, 0) is 14.3 Å². The molecule has 0 unspecified atom stereocenters. The lowest BCUT2D eigenvalue weighted by molar-refractivity contribution is -0.117. The van der Waals surface area contributed by atoms with E-state index in [0.717, 1.165) is 16.8 Å². The summed E-state index contributed by atoms with van der Waals surface area (Å²) in [5.74, 6) is -0.868. The van der Waals surface area contributed by atoms with Gasteiger partial charge in [0.2, 0.25) is 11.8 Å². The molecule has 0 aliphatic rings. The number of amides is 2. The maximum Gasteiger partial charge on any atom is 0.337 e. The number of rotatable bonds is 6. The van der Waals surface area contributed by atoms with E-state index in [-0.39, 0.29) is 24.8 Å². The normalized spacial score (nSPS) is 10.2. The van der Waals surface area contributed by atoms with Crippen LogP contribution in [0, 0.1) is 13.8 Å². The number of hydrogen-bond acceptors (Lipinski definition) is 4. The van der Waals surface area contributed by atoms with Gasteiger partial charge in [-0.25, -0.2) is 4.79 Å². The number of aryl methyl sites for hydroxylation is 2. The van der Waals surface area contributed by atoms with E-state index in [0.29, 0.717) is 11.3 Å². The van der Waals surface area contributed by atoms with Crippen LogP contribution in [0.5, 0.6) is 0 Å². The minimum atomic E-state index is -0.479. The van der Waals surface area contributed by atoms with Gasteiger partial charge in [-0.2, -0.15) is 0 Å². The zero-order valence-electron chi connectivity index (χ0n) is 16.0. The molecule has 2 aromatic carbocycles. The molecule has 6 heteroatoms. The first-order valence-corrected chi connectivity index (χ1v) is 8.66. The first-order chi connectivity index (χ1) is 12.8. The number of nitrogens with one attached hydrogen (secondary N) is 1. The molecule has 142 valence electrons. The van der Waals surface area contributed by atoms with Gasteiger partial charge in [0, 0.05) is 31.3 Å². The van der Waals surface area contributed by atoms with Crippen molar-refractivity contribution in [1.29, 1.82) is 0 Å². The number of benzene rings is 2. The second-order valence-electron chi connectivity index (χ2n) is 6.28. The zero-order valence-corrected chi connectivity index (χ0v) is 16.0. The van der Waals surface area contributed by atoms with Crippen molar-refractivity contribution >= 4 is 29.2 Å². The number of para-hydroxylation sites is 1. The number of ether oxygens (including phenoxy) is 1. The Bertz CT molecular complexity index is 841. The Hall–Kier alpha value is -3.15. The molecule has 0 atom stereocenters. The standard InChI is InChI=1S/C21H24N2O4/c1-14-7-5-8-15(2)20(14)22-19(25)11-12-23(16(3)24)18-10-6-9-17(13-18)21(26)27-4/h5-10,13H,11-12H2,1-4H3,(H,22,25). The van der Waals surface area contributed by atoms with Crippen molar-refractivity contribution in [2.45, 2.75) is 27.2 Å². The third-order valence-corrected chi connectivity index (χ3v) is 4.27. The van der Waals surface area contributed by atoms with Crippen LogP contribution in [-0.4, -0.2) is 31.4 Å². The fourth-order valence-electron chi connectivity index (χ4n) is 2.81. The van der Waals surface area contributed by atoms with Crippen LogP contribution in [0.25, 0.3) is 0 Å². The molecule has 2 amide bonds. The van der Waals surface area contributed by atoms with Crippen molar-refractivity contribution < 1.29 is 19.1 Å². The zero-order chi connectivity index (χ0) is 20.0. The van der Waals surface area contributed by atoms with Crippen molar-refractivity contribution in [2.75, 3.05) is 23.9 Å². The van der Waals surface area contributed by atoms with Crippen LogP contribution in [0.1, 0.15) is 34.8 Å². The number of anilines is 2. The highest BCUT2D eigenvalue weighted by atomic mass is 16.5. The molecule has 1 N–H and O–H groups in total. The highest BCUT2D eigenvalue weighted by Crippen LogP contribution is 2.21. The molecule has 0 aliphatic heterocycles. The Morgan fingerprint density at radius 2 is 1.67 bits per heavy atom. The summed E-state index contributed by atoms with van der Waals surface area (Å²) in [5, 5.41) is 2.91. The lowest BCUT2D eigenvalue weighted by Crippen LogP contribution is -2.32. The second kappa shape index (κ2) is 8.98. The molecular formula is C21H24N2O4. The Morgan fingerprint density at radius 1 is 1.04 bits per heavy atom. The second-order valence-corrected chi connectivity index (χ2v) is 6.28. The smallest absolute Gasteiger partial charge is 0.337 e. The number of esters is 1. The first kappa shape index (κ1) is 20.2. The number of carbonyl (C=O) groups is 3. The summed E-state index contributed by atoms with van der Waals surface area (Å²) < 4.78 is 4.71. The van der Waals surface area contributed by atoms with Crippen molar-refractivity contribution in [3.05, 3.63) is 59.2 Å². The molecule has 2 rings (SSSR count). The predicted octanol–water partition coefficient (Wildman–Crippen LogP) is 3.47. The summed E-state index contributed by atoms with van der Waals surface area (Å²) in [6.07, 6.45) is 0.135. The fourth-order valence-corrected chi connectivity index (χ4v) is 2.81. The number of nitrogens with zero attached hydrogens (tertiary/aromatic N) is 1. The van der Waals surface area contributed by atoms with Gasteiger partial charge in [-0.05, 0) is 43.2 Å². The van der Waals surface area contributed by atoms with Crippen LogP contribution in [0.4, 0.5) is 11.4 Å². The molecule has 0 spiro atoms. The average molecular weight is 368 g/mol. The molecule has 2 aromatic rings. The van der Waals surface area contributed by atoms with E-state index in [4.69, 9.17) is 4.74 Å². The SMILES string of the molecule is COC(=O)c1cccc(N(CCC(=O)Nc2c(C)cccc2C)C(C)=O)c1. The van der Waals surface area contributed by atoms with Gasteiger partial charge in [-0.15, -0.1) is 0 Å². The van der Waals surface area contributed by atoms with Crippen LogP contribution in [0.15, 0.2) is 42.5 Å². The molecule has 0 saturated carbocycles. The van der Waals surface area contributed by atoms with Gasteiger partial charge in [0.05, 0.1) is 12.7 Å². The van der Waals surface area contributed by atoms with E-state index >= 15 is 0 Å². The molecular weight excluding hydrogens is 344 g/mol.